The van der Waals surface area contributed by atoms with Gasteiger partial charge in [-0.3, -0.25) is 4.79 Å². The number of hydrogen-bond donors (Lipinski definition) is 1. The van der Waals surface area contributed by atoms with Gasteiger partial charge in [0.1, 0.15) is 0 Å². The molecule has 0 spiro atoms. The van der Waals surface area contributed by atoms with Crippen molar-refractivity contribution < 1.29 is 19.1 Å². The Morgan fingerprint density at radius 3 is 2.56 bits per heavy atom. The highest BCUT2D eigenvalue weighted by atomic mass is 16.5. The Kier molecular flexibility index (Phi) is 4.29. The highest BCUT2D eigenvalue weighted by Gasteiger charge is 2.45. The maximum atomic E-state index is 12.0. The molecular formula is C13H19NO4. The van der Waals surface area contributed by atoms with E-state index in [0.29, 0.717) is 0 Å². The van der Waals surface area contributed by atoms with Crippen molar-refractivity contribution in [3.05, 3.63) is 23.3 Å². The van der Waals surface area contributed by atoms with Crippen molar-refractivity contribution in [2.75, 3.05) is 13.7 Å². The molecule has 0 bridgehead atoms. The van der Waals surface area contributed by atoms with Gasteiger partial charge in [-0.15, -0.1) is 0 Å². The Hall–Kier alpha value is -1.62. The van der Waals surface area contributed by atoms with Gasteiger partial charge in [0.05, 0.1) is 30.7 Å². The first-order valence-corrected chi connectivity index (χ1v) is 5.79. The number of rotatable bonds is 3. The minimum Gasteiger partial charge on any atom is -0.466 e. The molecule has 1 aliphatic rings. The molecule has 0 aliphatic heterocycles. The lowest BCUT2D eigenvalue weighted by atomic mass is 9.73. The molecule has 5 nitrogen and oxygen atoms in total. The third-order valence-electron chi connectivity index (χ3n) is 3.08. The van der Waals surface area contributed by atoms with Crippen LogP contribution in [-0.2, 0) is 19.1 Å². The van der Waals surface area contributed by atoms with Crippen molar-refractivity contribution in [1.82, 2.24) is 0 Å². The van der Waals surface area contributed by atoms with E-state index in [1.165, 1.54) is 7.11 Å². The van der Waals surface area contributed by atoms with Crippen LogP contribution < -0.4 is 5.73 Å². The molecule has 2 unspecified atom stereocenters. The van der Waals surface area contributed by atoms with E-state index in [-0.39, 0.29) is 12.2 Å². The average molecular weight is 253 g/mol. The van der Waals surface area contributed by atoms with Crippen molar-refractivity contribution in [3.8, 4) is 0 Å². The Bertz CT molecular complexity index is 421. The van der Waals surface area contributed by atoms with Crippen LogP contribution in [0, 0.1) is 5.92 Å². The summed E-state index contributed by atoms with van der Waals surface area (Å²) in [6, 6.07) is 0. The summed E-state index contributed by atoms with van der Waals surface area (Å²) in [6.07, 6.45) is 3.29. The van der Waals surface area contributed by atoms with Crippen LogP contribution in [0.2, 0.25) is 0 Å². The first kappa shape index (κ1) is 14.4. The molecule has 18 heavy (non-hydrogen) atoms. The van der Waals surface area contributed by atoms with Gasteiger partial charge in [0.2, 0.25) is 0 Å². The Morgan fingerprint density at radius 1 is 1.44 bits per heavy atom. The molecule has 0 saturated carbocycles. The Labute approximate surface area is 107 Å². The van der Waals surface area contributed by atoms with Crippen molar-refractivity contribution >= 4 is 11.9 Å². The van der Waals surface area contributed by atoms with Crippen molar-refractivity contribution in [3.63, 3.8) is 0 Å². The van der Waals surface area contributed by atoms with E-state index in [9.17, 15) is 9.59 Å². The maximum Gasteiger partial charge on any atom is 0.335 e. The zero-order chi connectivity index (χ0) is 13.9. The van der Waals surface area contributed by atoms with Crippen LogP contribution >= 0.6 is 0 Å². The van der Waals surface area contributed by atoms with E-state index >= 15 is 0 Å². The molecule has 0 aromatic rings. The second kappa shape index (κ2) is 5.35. The summed E-state index contributed by atoms with van der Waals surface area (Å²) in [5.41, 5.74) is 6.07. The summed E-state index contributed by atoms with van der Waals surface area (Å²) >= 11 is 0. The van der Waals surface area contributed by atoms with Crippen LogP contribution in [-0.4, -0.2) is 31.2 Å². The van der Waals surface area contributed by atoms with Gasteiger partial charge in [0.15, 0.2) is 0 Å². The van der Waals surface area contributed by atoms with Crippen LogP contribution in [0.15, 0.2) is 23.3 Å². The predicted octanol–water partition coefficient (Wildman–Crippen LogP) is 0.942. The Balaban J connectivity index is 3.16. The van der Waals surface area contributed by atoms with Crippen molar-refractivity contribution in [2.24, 2.45) is 11.7 Å². The number of methoxy groups -OCH3 is 1. The molecule has 100 valence electrons. The lowest BCUT2D eigenvalue weighted by Crippen LogP contribution is -2.53. The van der Waals surface area contributed by atoms with Crippen LogP contribution in [0.5, 0.6) is 0 Å². The molecule has 1 rings (SSSR count). The van der Waals surface area contributed by atoms with Gasteiger partial charge < -0.3 is 15.2 Å². The number of ether oxygens (including phenoxy) is 2. The van der Waals surface area contributed by atoms with Gasteiger partial charge in [-0.1, -0.05) is 11.6 Å². The number of carbonyl (C=O) groups is 2. The van der Waals surface area contributed by atoms with E-state index in [1.807, 2.05) is 0 Å². The van der Waals surface area contributed by atoms with Crippen molar-refractivity contribution in [1.29, 1.82) is 0 Å². The van der Waals surface area contributed by atoms with Gasteiger partial charge in [-0.25, -0.2) is 4.79 Å². The normalized spacial score (nSPS) is 27.1. The van der Waals surface area contributed by atoms with Gasteiger partial charge >= 0.3 is 11.9 Å². The van der Waals surface area contributed by atoms with E-state index in [0.717, 1.165) is 5.57 Å². The van der Waals surface area contributed by atoms with Crippen LogP contribution in [0.4, 0.5) is 0 Å². The predicted molar refractivity (Wildman–Crippen MR) is 66.6 cm³/mol. The third kappa shape index (κ3) is 2.46. The molecule has 0 saturated heterocycles. The smallest absolute Gasteiger partial charge is 0.335 e. The number of nitrogens with two attached hydrogens (primary N) is 1. The Morgan fingerprint density at radius 2 is 2.06 bits per heavy atom. The lowest BCUT2D eigenvalue weighted by Gasteiger charge is -2.36. The highest BCUT2D eigenvalue weighted by molar-refractivity contribution is 5.94. The van der Waals surface area contributed by atoms with E-state index in [2.05, 4.69) is 4.74 Å². The molecule has 2 atom stereocenters. The molecule has 0 fully saturated rings. The second-order valence-electron chi connectivity index (χ2n) is 4.45. The largest absolute Gasteiger partial charge is 0.466 e. The number of carbonyl (C=O) groups excluding carboxylic acids is 2. The minimum atomic E-state index is -1.13. The van der Waals surface area contributed by atoms with Gasteiger partial charge in [-0.2, -0.15) is 0 Å². The first-order valence-electron chi connectivity index (χ1n) is 5.79. The van der Waals surface area contributed by atoms with E-state index in [1.54, 1.807) is 32.9 Å². The summed E-state index contributed by atoms with van der Waals surface area (Å²) in [5.74, 6) is -1.62. The fourth-order valence-corrected chi connectivity index (χ4v) is 2.17. The third-order valence-corrected chi connectivity index (χ3v) is 3.08. The molecule has 0 heterocycles. The standard InChI is InChI=1S/C13H19NO4/c1-5-18-12(16)10-8(2)6-7-9(11(15)17-4)13(10,3)14/h6-7,10H,5,14H2,1-4H3. The van der Waals surface area contributed by atoms with Crippen molar-refractivity contribution in [2.45, 2.75) is 26.3 Å². The summed E-state index contributed by atoms with van der Waals surface area (Å²) in [4.78, 5) is 23.6. The molecular weight excluding hydrogens is 234 g/mol. The van der Waals surface area contributed by atoms with Gasteiger partial charge in [0.25, 0.3) is 0 Å². The summed E-state index contributed by atoms with van der Waals surface area (Å²) in [5, 5.41) is 0. The van der Waals surface area contributed by atoms with Crippen LogP contribution in [0.3, 0.4) is 0 Å². The van der Waals surface area contributed by atoms with E-state index < -0.39 is 23.4 Å². The fourth-order valence-electron chi connectivity index (χ4n) is 2.17. The summed E-state index contributed by atoms with van der Waals surface area (Å²) < 4.78 is 9.69. The summed E-state index contributed by atoms with van der Waals surface area (Å²) in [6.45, 7) is 5.42. The average Bonchev–Trinajstić information content (AvgIpc) is 2.27. The van der Waals surface area contributed by atoms with Gasteiger partial charge in [-0.05, 0) is 26.8 Å². The second-order valence-corrected chi connectivity index (χ2v) is 4.45. The zero-order valence-corrected chi connectivity index (χ0v) is 11.1. The zero-order valence-electron chi connectivity index (χ0n) is 11.1. The number of esters is 2. The molecule has 2 N–H and O–H groups in total. The number of allylic oxidation sites excluding steroid dienone is 2. The maximum absolute atomic E-state index is 12.0. The lowest BCUT2D eigenvalue weighted by molar-refractivity contribution is -0.148. The molecule has 1 aliphatic carbocycles. The molecule has 0 aromatic heterocycles. The molecule has 0 amide bonds. The number of hydrogen-bond acceptors (Lipinski definition) is 5. The molecule has 0 aromatic carbocycles. The van der Waals surface area contributed by atoms with Gasteiger partial charge in [0, 0.05) is 0 Å². The quantitative estimate of drug-likeness (QED) is 0.757. The topological polar surface area (TPSA) is 78.6 Å². The SMILES string of the molecule is CCOC(=O)C1C(C)=CC=C(C(=O)OC)C1(C)N. The minimum absolute atomic E-state index is 0.272. The van der Waals surface area contributed by atoms with Crippen LogP contribution in [0.25, 0.3) is 0 Å². The van der Waals surface area contributed by atoms with E-state index in [4.69, 9.17) is 10.5 Å². The van der Waals surface area contributed by atoms with Crippen LogP contribution in [0.1, 0.15) is 20.8 Å². The molecule has 5 heteroatoms. The first-order chi connectivity index (χ1) is 8.36. The molecule has 0 radical (unpaired) electrons. The summed E-state index contributed by atoms with van der Waals surface area (Å²) in [7, 11) is 1.28. The monoisotopic (exact) mass is 253 g/mol. The highest BCUT2D eigenvalue weighted by Crippen LogP contribution is 2.34. The fraction of sp³-hybridized carbons (Fsp3) is 0.538.